The van der Waals surface area contributed by atoms with Gasteiger partial charge in [-0.25, -0.2) is 4.98 Å². The molecule has 1 unspecified atom stereocenters. The van der Waals surface area contributed by atoms with Crippen molar-refractivity contribution in [2.24, 2.45) is 5.92 Å². The van der Waals surface area contributed by atoms with E-state index in [4.69, 9.17) is 16.6 Å². The van der Waals surface area contributed by atoms with Crippen molar-refractivity contribution in [3.05, 3.63) is 39.4 Å². The van der Waals surface area contributed by atoms with Gasteiger partial charge in [-0.05, 0) is 51.3 Å². The van der Waals surface area contributed by atoms with E-state index in [9.17, 15) is 9.59 Å². The molecule has 1 aliphatic rings. The van der Waals surface area contributed by atoms with E-state index in [2.05, 4.69) is 0 Å². The molecule has 0 aliphatic heterocycles. The van der Waals surface area contributed by atoms with E-state index in [1.807, 2.05) is 25.7 Å². The minimum Gasteiger partial charge on any atom is -0.333 e. The first-order valence-corrected chi connectivity index (χ1v) is 10.8. The van der Waals surface area contributed by atoms with Gasteiger partial charge in [0.15, 0.2) is 0 Å². The van der Waals surface area contributed by atoms with Gasteiger partial charge in [-0.1, -0.05) is 37.3 Å². The van der Waals surface area contributed by atoms with E-state index in [0.29, 0.717) is 47.2 Å². The van der Waals surface area contributed by atoms with E-state index in [1.165, 1.54) is 25.7 Å². The molecule has 1 fully saturated rings. The van der Waals surface area contributed by atoms with Gasteiger partial charge in [-0.3, -0.25) is 14.2 Å². The lowest BCUT2D eigenvalue weighted by Crippen LogP contribution is -2.37. The highest BCUT2D eigenvalue weighted by Crippen LogP contribution is 2.29. The summed E-state index contributed by atoms with van der Waals surface area (Å²) in [7, 11) is 0. The summed E-state index contributed by atoms with van der Waals surface area (Å²) in [5.41, 5.74) is 0.499. The fraction of sp³-hybridized carbons (Fsp3) is 0.591. The topological polar surface area (TPSA) is 55.2 Å². The van der Waals surface area contributed by atoms with Crippen LogP contribution in [0.5, 0.6) is 0 Å². The van der Waals surface area contributed by atoms with E-state index < -0.39 is 0 Å². The van der Waals surface area contributed by atoms with Crippen molar-refractivity contribution in [2.75, 3.05) is 6.54 Å². The van der Waals surface area contributed by atoms with E-state index in [0.717, 1.165) is 6.42 Å². The number of hydrogen-bond acceptors (Lipinski definition) is 3. The maximum Gasteiger partial charge on any atom is 0.261 e. The molecule has 0 N–H and O–H groups in total. The number of hydrogen-bond donors (Lipinski definition) is 0. The van der Waals surface area contributed by atoms with Crippen molar-refractivity contribution >= 4 is 28.4 Å². The SMILES string of the molecule is CCN(C(=O)CCC1CCCC1)C(C)c1nc2cc(Cl)ccc2c(=O)n1CC. The summed E-state index contributed by atoms with van der Waals surface area (Å²) in [6, 6.07) is 4.88. The molecular formula is C22H30ClN3O2. The maximum atomic E-state index is 13.0. The molecule has 0 saturated heterocycles. The van der Waals surface area contributed by atoms with Gasteiger partial charge < -0.3 is 4.90 Å². The molecule has 1 saturated carbocycles. The zero-order valence-corrected chi connectivity index (χ0v) is 17.8. The molecule has 1 amide bonds. The summed E-state index contributed by atoms with van der Waals surface area (Å²) < 4.78 is 1.67. The average molecular weight is 404 g/mol. The standard InChI is InChI=1S/C22H30ClN3O2/c1-4-25(20(27)13-10-16-8-6-7-9-16)15(3)21-24-19-14-17(23)11-12-18(19)22(28)26(21)5-2/h11-12,14-16H,4-10,13H2,1-3H3. The van der Waals surface area contributed by atoms with Gasteiger partial charge in [0.05, 0.1) is 16.9 Å². The third-order valence-electron chi connectivity index (χ3n) is 6.01. The smallest absolute Gasteiger partial charge is 0.261 e. The number of benzene rings is 1. The number of fused-ring (bicyclic) bond motifs is 1. The lowest BCUT2D eigenvalue weighted by atomic mass is 10.0. The Morgan fingerprint density at radius 3 is 2.68 bits per heavy atom. The first-order valence-electron chi connectivity index (χ1n) is 10.5. The molecule has 1 aromatic heterocycles. The van der Waals surface area contributed by atoms with Crippen molar-refractivity contribution in [3.63, 3.8) is 0 Å². The molecule has 1 aromatic carbocycles. The first kappa shape index (κ1) is 20.8. The Morgan fingerprint density at radius 1 is 1.32 bits per heavy atom. The summed E-state index contributed by atoms with van der Waals surface area (Å²) in [5.74, 6) is 1.45. The molecule has 0 radical (unpaired) electrons. The Labute approximate surface area is 171 Å². The zero-order chi connectivity index (χ0) is 20.3. The van der Waals surface area contributed by atoms with Crippen LogP contribution in [-0.2, 0) is 11.3 Å². The van der Waals surface area contributed by atoms with E-state index >= 15 is 0 Å². The molecule has 28 heavy (non-hydrogen) atoms. The summed E-state index contributed by atoms with van der Waals surface area (Å²) in [6.45, 7) is 6.98. The van der Waals surface area contributed by atoms with Gasteiger partial charge in [0.25, 0.3) is 5.56 Å². The lowest BCUT2D eigenvalue weighted by Gasteiger charge is -2.29. The first-order chi connectivity index (χ1) is 13.5. The normalized spacial score (nSPS) is 15.9. The largest absolute Gasteiger partial charge is 0.333 e. The van der Waals surface area contributed by atoms with Crippen LogP contribution in [0.4, 0.5) is 0 Å². The molecule has 0 spiro atoms. The number of amides is 1. The third-order valence-corrected chi connectivity index (χ3v) is 6.24. The van der Waals surface area contributed by atoms with Gasteiger partial charge in [0.2, 0.25) is 5.91 Å². The van der Waals surface area contributed by atoms with Crippen LogP contribution < -0.4 is 5.56 Å². The minimum absolute atomic E-state index is 0.0829. The van der Waals surface area contributed by atoms with Crippen molar-refractivity contribution in [3.8, 4) is 0 Å². The Kier molecular flexibility index (Phi) is 6.76. The molecular weight excluding hydrogens is 374 g/mol. The molecule has 6 heteroatoms. The van der Waals surface area contributed by atoms with Gasteiger partial charge in [0, 0.05) is 24.5 Å². The maximum absolute atomic E-state index is 13.0. The summed E-state index contributed by atoms with van der Waals surface area (Å²) in [5, 5.41) is 1.10. The third kappa shape index (κ3) is 4.24. The molecule has 1 heterocycles. The van der Waals surface area contributed by atoms with E-state index in [-0.39, 0.29) is 17.5 Å². The van der Waals surface area contributed by atoms with Crippen molar-refractivity contribution < 1.29 is 4.79 Å². The monoisotopic (exact) mass is 403 g/mol. The second kappa shape index (κ2) is 9.08. The molecule has 5 nitrogen and oxygen atoms in total. The molecule has 152 valence electrons. The minimum atomic E-state index is -0.267. The van der Waals surface area contributed by atoms with Crippen molar-refractivity contribution in [1.29, 1.82) is 0 Å². The van der Waals surface area contributed by atoms with Crippen molar-refractivity contribution in [2.45, 2.75) is 71.9 Å². The highest BCUT2D eigenvalue weighted by molar-refractivity contribution is 6.31. The van der Waals surface area contributed by atoms with Crippen LogP contribution in [0.2, 0.25) is 5.02 Å². The second-order valence-corrected chi connectivity index (χ2v) is 8.16. The number of nitrogens with zero attached hydrogens (tertiary/aromatic N) is 3. The number of carbonyl (C=O) groups excluding carboxylic acids is 1. The second-order valence-electron chi connectivity index (χ2n) is 7.73. The summed E-state index contributed by atoms with van der Waals surface area (Å²) >= 11 is 6.11. The van der Waals surface area contributed by atoms with Crippen LogP contribution in [0, 0.1) is 5.92 Å². The van der Waals surface area contributed by atoms with Gasteiger partial charge in [-0.15, -0.1) is 0 Å². The van der Waals surface area contributed by atoms with Crippen molar-refractivity contribution in [1.82, 2.24) is 14.5 Å². The fourth-order valence-corrected chi connectivity index (χ4v) is 4.58. The predicted octanol–water partition coefficient (Wildman–Crippen LogP) is 4.95. The van der Waals surface area contributed by atoms with Crippen LogP contribution in [0.25, 0.3) is 10.9 Å². The highest BCUT2D eigenvalue weighted by atomic mass is 35.5. The Hall–Kier alpha value is -1.88. The number of halogens is 1. The predicted molar refractivity (Wildman–Crippen MR) is 114 cm³/mol. The van der Waals surface area contributed by atoms with Crippen LogP contribution in [-0.4, -0.2) is 26.9 Å². The number of carbonyl (C=O) groups is 1. The number of aromatic nitrogens is 2. The Balaban J connectivity index is 1.89. The zero-order valence-electron chi connectivity index (χ0n) is 17.1. The van der Waals surface area contributed by atoms with Gasteiger partial charge in [-0.2, -0.15) is 0 Å². The highest BCUT2D eigenvalue weighted by Gasteiger charge is 2.26. The molecule has 1 atom stereocenters. The molecule has 2 aromatic rings. The fourth-order valence-electron chi connectivity index (χ4n) is 4.41. The van der Waals surface area contributed by atoms with Crippen LogP contribution in [0.1, 0.15) is 71.2 Å². The van der Waals surface area contributed by atoms with Gasteiger partial charge >= 0.3 is 0 Å². The van der Waals surface area contributed by atoms with Crippen LogP contribution >= 0.6 is 11.6 Å². The average Bonchev–Trinajstić information content (AvgIpc) is 3.20. The summed E-state index contributed by atoms with van der Waals surface area (Å²) in [4.78, 5) is 32.5. The Bertz CT molecular complexity index is 903. The molecule has 3 rings (SSSR count). The number of rotatable bonds is 7. The van der Waals surface area contributed by atoms with Crippen LogP contribution in [0.15, 0.2) is 23.0 Å². The van der Waals surface area contributed by atoms with Gasteiger partial charge in [0.1, 0.15) is 5.82 Å². The lowest BCUT2D eigenvalue weighted by molar-refractivity contribution is -0.133. The quantitative estimate of drug-likeness (QED) is 0.657. The summed E-state index contributed by atoms with van der Waals surface area (Å²) in [6.07, 6.45) is 6.61. The van der Waals surface area contributed by atoms with Crippen LogP contribution in [0.3, 0.4) is 0 Å². The molecule has 1 aliphatic carbocycles. The Morgan fingerprint density at radius 2 is 2.04 bits per heavy atom. The van der Waals surface area contributed by atoms with E-state index in [1.54, 1.807) is 22.8 Å². The molecule has 0 bridgehead atoms.